The van der Waals surface area contributed by atoms with Gasteiger partial charge in [-0.25, -0.2) is 4.39 Å². The average Bonchev–Trinajstić information content (AvgIpc) is 2.58. The Kier molecular flexibility index (Phi) is 6.53. The lowest BCUT2D eigenvalue weighted by molar-refractivity contribution is -0.384. The highest BCUT2D eigenvalue weighted by molar-refractivity contribution is 6.32. The number of halogens is 2. The van der Waals surface area contributed by atoms with Crippen molar-refractivity contribution < 1.29 is 18.8 Å². The maximum Gasteiger partial charge on any atom is 0.292 e. The van der Waals surface area contributed by atoms with Gasteiger partial charge in [-0.05, 0) is 24.3 Å². The third-order valence-electron chi connectivity index (χ3n) is 3.12. The molecule has 2 aromatic carbocycles. The predicted octanol–water partition coefficient (Wildman–Crippen LogP) is 2.99. The zero-order valence-corrected chi connectivity index (χ0v) is 13.8. The summed E-state index contributed by atoms with van der Waals surface area (Å²) in [5.74, 6) is -0.691. The van der Waals surface area contributed by atoms with Crippen LogP contribution in [0.25, 0.3) is 0 Å². The van der Waals surface area contributed by atoms with Gasteiger partial charge in [0.25, 0.3) is 11.6 Å². The monoisotopic (exact) mass is 367 g/mol. The zero-order chi connectivity index (χ0) is 18.2. The van der Waals surface area contributed by atoms with Crippen molar-refractivity contribution in [3.63, 3.8) is 0 Å². The molecule has 132 valence electrons. The summed E-state index contributed by atoms with van der Waals surface area (Å²) in [6.07, 6.45) is 0. The molecule has 0 atom stereocenters. The fraction of sp³-hybridized carbons (Fsp3) is 0.188. The van der Waals surface area contributed by atoms with Gasteiger partial charge in [0, 0.05) is 19.2 Å². The van der Waals surface area contributed by atoms with Crippen molar-refractivity contribution in [3.8, 4) is 5.75 Å². The minimum absolute atomic E-state index is 0.0388. The van der Waals surface area contributed by atoms with Crippen LogP contribution in [0.1, 0.15) is 0 Å². The Labute approximate surface area is 147 Å². The molecule has 0 aliphatic heterocycles. The van der Waals surface area contributed by atoms with Gasteiger partial charge in [0.2, 0.25) is 0 Å². The Bertz CT molecular complexity index is 773. The van der Waals surface area contributed by atoms with E-state index < -0.39 is 16.6 Å². The molecule has 1 amide bonds. The molecule has 0 aromatic heterocycles. The molecule has 0 heterocycles. The summed E-state index contributed by atoms with van der Waals surface area (Å²) in [5, 5.41) is 16.4. The van der Waals surface area contributed by atoms with Gasteiger partial charge in [0.1, 0.15) is 17.3 Å². The Morgan fingerprint density at radius 1 is 1.24 bits per heavy atom. The molecule has 0 fully saturated rings. The van der Waals surface area contributed by atoms with Crippen LogP contribution in [-0.4, -0.2) is 30.5 Å². The van der Waals surface area contributed by atoms with Gasteiger partial charge in [0.05, 0.1) is 9.95 Å². The van der Waals surface area contributed by atoms with Gasteiger partial charge >= 0.3 is 0 Å². The van der Waals surface area contributed by atoms with Gasteiger partial charge in [-0.15, -0.1) is 0 Å². The van der Waals surface area contributed by atoms with Gasteiger partial charge in [-0.1, -0.05) is 23.7 Å². The Morgan fingerprint density at radius 2 is 2.00 bits per heavy atom. The Hall–Kier alpha value is -2.87. The SMILES string of the molecule is O=C(COc1ccc(F)cc1Cl)NCCNc1ccccc1[N+](=O)[O-]. The molecule has 0 saturated carbocycles. The molecule has 0 unspecified atom stereocenters. The van der Waals surface area contributed by atoms with Crippen molar-refractivity contribution in [3.05, 3.63) is 63.4 Å². The number of anilines is 1. The van der Waals surface area contributed by atoms with E-state index in [1.165, 1.54) is 18.2 Å². The van der Waals surface area contributed by atoms with Crippen LogP contribution in [-0.2, 0) is 4.79 Å². The van der Waals surface area contributed by atoms with E-state index in [0.29, 0.717) is 12.2 Å². The number of hydrogen-bond donors (Lipinski definition) is 2. The number of nitrogens with one attached hydrogen (secondary N) is 2. The van der Waals surface area contributed by atoms with Crippen LogP contribution in [0.5, 0.6) is 5.75 Å². The first-order valence-electron chi connectivity index (χ1n) is 7.29. The maximum absolute atomic E-state index is 12.9. The molecule has 0 spiro atoms. The molecule has 0 bridgehead atoms. The minimum Gasteiger partial charge on any atom is -0.482 e. The number of rotatable bonds is 8. The number of benzene rings is 2. The van der Waals surface area contributed by atoms with Crippen LogP contribution >= 0.6 is 11.6 Å². The number of nitro groups is 1. The summed E-state index contributed by atoms with van der Waals surface area (Å²) in [6.45, 7) is 0.260. The van der Waals surface area contributed by atoms with Gasteiger partial charge < -0.3 is 15.4 Å². The molecule has 2 N–H and O–H groups in total. The van der Waals surface area contributed by atoms with Crippen LogP contribution < -0.4 is 15.4 Å². The molecule has 2 aromatic rings. The number of amides is 1. The lowest BCUT2D eigenvalue weighted by Crippen LogP contribution is -2.32. The highest BCUT2D eigenvalue weighted by Gasteiger charge is 2.11. The normalized spacial score (nSPS) is 10.2. The quantitative estimate of drug-likeness (QED) is 0.425. The maximum atomic E-state index is 12.9. The summed E-state index contributed by atoms with van der Waals surface area (Å²) in [7, 11) is 0. The van der Waals surface area contributed by atoms with Gasteiger partial charge in [0.15, 0.2) is 6.61 Å². The van der Waals surface area contributed by atoms with Crippen molar-refractivity contribution in [1.82, 2.24) is 5.32 Å². The summed E-state index contributed by atoms with van der Waals surface area (Å²) >= 11 is 5.79. The lowest BCUT2D eigenvalue weighted by atomic mass is 10.2. The van der Waals surface area contributed by atoms with Crippen LogP contribution in [0.4, 0.5) is 15.8 Å². The largest absolute Gasteiger partial charge is 0.482 e. The molecular formula is C16H15ClFN3O4. The molecular weight excluding hydrogens is 353 g/mol. The standard InChI is InChI=1S/C16H15ClFN3O4/c17-12-9-11(18)5-6-15(12)25-10-16(22)20-8-7-19-13-3-1-2-4-14(13)21(23)24/h1-6,9,19H,7-8,10H2,(H,20,22). The number of nitro benzene ring substituents is 1. The van der Waals surface area contributed by atoms with E-state index in [1.54, 1.807) is 18.2 Å². The molecule has 0 saturated heterocycles. The second-order valence-electron chi connectivity index (χ2n) is 4.91. The summed E-state index contributed by atoms with van der Waals surface area (Å²) in [6, 6.07) is 9.82. The number of carbonyl (C=O) groups is 1. The van der Waals surface area contributed by atoms with E-state index >= 15 is 0 Å². The van der Waals surface area contributed by atoms with Gasteiger partial charge in [-0.2, -0.15) is 0 Å². The first kappa shape index (κ1) is 18.5. The third-order valence-corrected chi connectivity index (χ3v) is 3.41. The predicted molar refractivity (Wildman–Crippen MR) is 91.5 cm³/mol. The van der Waals surface area contributed by atoms with E-state index in [4.69, 9.17) is 16.3 Å². The lowest BCUT2D eigenvalue weighted by Gasteiger charge is -2.10. The second kappa shape index (κ2) is 8.84. The van der Waals surface area contributed by atoms with E-state index in [9.17, 15) is 19.3 Å². The van der Waals surface area contributed by atoms with Crippen molar-refractivity contribution >= 4 is 28.9 Å². The Balaban J connectivity index is 1.73. The smallest absolute Gasteiger partial charge is 0.292 e. The van der Waals surface area contributed by atoms with E-state index in [-0.39, 0.29) is 29.6 Å². The second-order valence-corrected chi connectivity index (χ2v) is 5.32. The molecule has 2 rings (SSSR count). The Morgan fingerprint density at radius 3 is 2.72 bits per heavy atom. The fourth-order valence-electron chi connectivity index (χ4n) is 1.97. The number of carbonyl (C=O) groups excluding carboxylic acids is 1. The van der Waals surface area contributed by atoms with Crippen LogP contribution in [0.2, 0.25) is 5.02 Å². The highest BCUT2D eigenvalue weighted by Crippen LogP contribution is 2.24. The molecule has 0 radical (unpaired) electrons. The molecule has 0 aliphatic rings. The average molecular weight is 368 g/mol. The van der Waals surface area contributed by atoms with Crippen molar-refractivity contribution in [2.45, 2.75) is 0 Å². The van der Waals surface area contributed by atoms with E-state index in [2.05, 4.69) is 10.6 Å². The fourth-order valence-corrected chi connectivity index (χ4v) is 2.19. The van der Waals surface area contributed by atoms with E-state index in [0.717, 1.165) is 6.07 Å². The minimum atomic E-state index is -0.497. The number of nitrogens with zero attached hydrogens (tertiary/aromatic N) is 1. The van der Waals surface area contributed by atoms with E-state index in [1.807, 2.05) is 0 Å². The van der Waals surface area contributed by atoms with Crippen LogP contribution in [0.15, 0.2) is 42.5 Å². The number of hydrogen-bond acceptors (Lipinski definition) is 5. The molecule has 9 heteroatoms. The summed E-state index contributed by atoms with van der Waals surface area (Å²) < 4.78 is 18.1. The third kappa shape index (κ3) is 5.61. The van der Waals surface area contributed by atoms with Crippen molar-refractivity contribution in [2.75, 3.05) is 25.0 Å². The van der Waals surface area contributed by atoms with Crippen molar-refractivity contribution in [2.24, 2.45) is 0 Å². The molecule has 0 aliphatic carbocycles. The number of para-hydroxylation sites is 2. The molecule has 7 nitrogen and oxygen atoms in total. The molecule has 25 heavy (non-hydrogen) atoms. The first-order valence-corrected chi connectivity index (χ1v) is 7.67. The summed E-state index contributed by atoms with van der Waals surface area (Å²) in [5.41, 5.74) is 0.333. The summed E-state index contributed by atoms with van der Waals surface area (Å²) in [4.78, 5) is 22.1. The first-order chi connectivity index (χ1) is 12.0. The zero-order valence-electron chi connectivity index (χ0n) is 13.0. The van der Waals surface area contributed by atoms with Crippen molar-refractivity contribution in [1.29, 1.82) is 0 Å². The topological polar surface area (TPSA) is 93.5 Å². The van der Waals surface area contributed by atoms with Crippen LogP contribution in [0.3, 0.4) is 0 Å². The van der Waals surface area contributed by atoms with Crippen LogP contribution in [0, 0.1) is 15.9 Å². The van der Waals surface area contributed by atoms with Gasteiger partial charge in [-0.3, -0.25) is 14.9 Å². The highest BCUT2D eigenvalue weighted by atomic mass is 35.5. The number of ether oxygens (including phenoxy) is 1.